The van der Waals surface area contributed by atoms with E-state index in [0.29, 0.717) is 10.8 Å². The van der Waals surface area contributed by atoms with E-state index in [1.165, 1.54) is 24.3 Å². The number of phenolic OH excluding ortho intramolecular Hbond substituents is 1. The second-order valence-corrected chi connectivity index (χ2v) is 14.9. The van der Waals surface area contributed by atoms with E-state index in [1.807, 2.05) is 12.1 Å². The number of phenols is 1. The molecule has 0 amide bonds. The van der Waals surface area contributed by atoms with Gasteiger partial charge in [0.1, 0.15) is 11.4 Å². The van der Waals surface area contributed by atoms with E-state index in [-0.39, 0.29) is 91.4 Å². The number of azo groups is 2. The number of nitrogens with one attached hydrogen (secondary N) is 1. The maximum absolute atomic E-state index is 12.5. The van der Waals surface area contributed by atoms with Crippen LogP contribution in [0.4, 0.5) is 39.8 Å². The Labute approximate surface area is 362 Å². The molecule has 0 saturated carbocycles. The van der Waals surface area contributed by atoms with E-state index in [2.05, 4.69) is 30.2 Å². The molecule has 0 aliphatic carbocycles. The average molecular weight is 874 g/mol. The van der Waals surface area contributed by atoms with Crippen LogP contribution in [-0.4, -0.2) is 39.0 Å². The summed E-state index contributed by atoms with van der Waals surface area (Å²) in [5.74, 6) is -2.99. The molecule has 0 bridgehead atoms. The summed E-state index contributed by atoms with van der Waals surface area (Å²) in [6.07, 6.45) is 0.931. The van der Waals surface area contributed by atoms with Crippen LogP contribution in [0.1, 0.15) is 6.92 Å². The average Bonchev–Trinajstić information content (AvgIpc) is 3.11. The molecule has 0 spiro atoms. The summed E-state index contributed by atoms with van der Waals surface area (Å²) in [6.45, 7) is 1.12. The first-order chi connectivity index (χ1) is 26.3. The van der Waals surface area contributed by atoms with Crippen molar-refractivity contribution in [2.75, 3.05) is 11.0 Å². The molecule has 0 heterocycles. The number of nitro benzene ring substituents is 1. The van der Waals surface area contributed by atoms with Gasteiger partial charge in [0.25, 0.3) is 5.69 Å². The van der Waals surface area contributed by atoms with Crippen LogP contribution in [0.15, 0.2) is 127 Å². The first-order valence-corrected chi connectivity index (χ1v) is 19.1. The molecule has 0 saturated heterocycles. The van der Waals surface area contributed by atoms with Gasteiger partial charge in [-0.05, 0) is 53.9 Å². The van der Waals surface area contributed by atoms with Crippen molar-refractivity contribution >= 4 is 87.3 Å². The van der Waals surface area contributed by atoms with E-state index in [1.54, 1.807) is 30.3 Å². The van der Waals surface area contributed by atoms with Crippen LogP contribution >= 0.6 is 0 Å². The van der Waals surface area contributed by atoms with Gasteiger partial charge < -0.3 is 25.5 Å². The standard InChI is InChI=1S/C19H17N5O7S.C16H13N3O4S.Cr.Na/c1-10(25)20-12-8-14(19(27)15(9-12)24(28)29)21-22-18-16(26)7-6-11-4-3-5-13(17(11)18)23-32(2,30)31;17-24(22,23)11-6-8-14(20)13(9-11)18-19-16-12-4-2-1-3-10(12)5-7-15(16)21;;/h3-9,23,26-27H,1-2H3,(H,20,25);1-9,20-21H,(H2,17,22,23);;/q;;+3;+1/p-4. The molecular formula is C35H26CrN8NaO11S2. The van der Waals surface area contributed by atoms with Crippen LogP contribution in [0.5, 0.6) is 23.0 Å². The zero-order valence-electron chi connectivity index (χ0n) is 30.3. The number of anilines is 1. The molecular weight excluding hydrogens is 848 g/mol. The molecule has 0 atom stereocenters. The summed E-state index contributed by atoms with van der Waals surface area (Å²) < 4.78 is 48.4. The summed E-state index contributed by atoms with van der Waals surface area (Å²) in [6, 6.07) is 22.7. The summed E-state index contributed by atoms with van der Waals surface area (Å²) in [7, 11) is -7.66. The maximum Gasteiger partial charge on any atom is 3.00 e. The second-order valence-electron chi connectivity index (χ2n) is 11.6. The Hall–Kier alpha value is -5.70. The van der Waals surface area contributed by atoms with E-state index in [9.17, 15) is 52.5 Å². The topological polar surface area (TPSA) is 324 Å². The second kappa shape index (κ2) is 19.2. The molecule has 23 heteroatoms. The Kier molecular flexibility index (Phi) is 15.4. The van der Waals surface area contributed by atoms with E-state index in [0.717, 1.165) is 48.9 Å². The van der Waals surface area contributed by atoms with E-state index < -0.39 is 59.5 Å². The molecule has 0 fully saturated rings. The minimum Gasteiger partial charge on any atom is -0.871 e. The largest absolute Gasteiger partial charge is 3.00 e. The SMILES string of the molecule is CC([O-])=Nc1cc(N=Nc2c([O-])ccc3cccc(NS(C)(=O)=O)c23)c([O-])c([N+](=O)[O-])c1.NS(=O)(=O)c1ccc([O-])c(N=Nc2c(O)ccc3ccccc23)c1.[Cr+3].[Na+]. The Bertz CT molecular complexity index is 2860. The van der Waals surface area contributed by atoms with Crippen LogP contribution in [0.2, 0.25) is 0 Å². The number of fused-ring (bicyclic) bond motifs is 2. The van der Waals surface area contributed by atoms with Gasteiger partial charge in [-0.15, -0.1) is 5.11 Å². The van der Waals surface area contributed by atoms with Crippen molar-refractivity contribution < 1.29 is 94.2 Å². The quantitative estimate of drug-likeness (QED) is 0.0469. The van der Waals surface area contributed by atoms with Gasteiger partial charge in [-0.2, -0.15) is 15.3 Å². The fourth-order valence-electron chi connectivity index (χ4n) is 5.07. The van der Waals surface area contributed by atoms with Crippen molar-refractivity contribution in [2.24, 2.45) is 30.6 Å². The Morgan fingerprint density at radius 2 is 1.40 bits per heavy atom. The van der Waals surface area contributed by atoms with Gasteiger partial charge in [0, 0.05) is 22.6 Å². The predicted octanol–water partition coefficient (Wildman–Crippen LogP) is 1.78. The first kappa shape index (κ1) is 46.7. The number of nitrogens with zero attached hydrogens (tertiary/aromatic N) is 6. The van der Waals surface area contributed by atoms with Crippen molar-refractivity contribution in [3.63, 3.8) is 0 Å². The Morgan fingerprint density at radius 3 is 2.05 bits per heavy atom. The van der Waals surface area contributed by atoms with Gasteiger partial charge in [-0.25, -0.2) is 22.0 Å². The molecule has 19 nitrogen and oxygen atoms in total. The number of hydrogen-bond acceptors (Lipinski definition) is 16. The van der Waals surface area contributed by atoms with E-state index >= 15 is 0 Å². The van der Waals surface area contributed by atoms with Crippen molar-refractivity contribution in [1.29, 1.82) is 0 Å². The maximum atomic E-state index is 12.5. The van der Waals surface area contributed by atoms with Crippen molar-refractivity contribution in [3.05, 3.63) is 107 Å². The molecule has 6 aromatic carbocycles. The summed E-state index contributed by atoms with van der Waals surface area (Å²) in [4.78, 5) is 13.6. The van der Waals surface area contributed by atoms with Crippen molar-refractivity contribution in [3.8, 4) is 23.0 Å². The number of benzene rings is 6. The third kappa shape index (κ3) is 11.5. The van der Waals surface area contributed by atoms with Crippen LogP contribution in [0.3, 0.4) is 0 Å². The molecule has 0 unspecified atom stereocenters. The fraction of sp³-hybridized carbons (Fsp3) is 0.0571. The number of hydrogen-bond donors (Lipinski definition) is 3. The number of aromatic hydroxyl groups is 1. The monoisotopic (exact) mass is 873 g/mol. The molecule has 6 rings (SSSR count). The fourth-order valence-corrected chi connectivity index (χ4v) is 6.18. The summed E-state index contributed by atoms with van der Waals surface area (Å²) >= 11 is 0. The zero-order chi connectivity index (χ0) is 40.9. The van der Waals surface area contributed by atoms with Crippen LogP contribution in [0.25, 0.3) is 21.5 Å². The minimum absolute atomic E-state index is 0. The smallest absolute Gasteiger partial charge is 0.871 e. The van der Waals surface area contributed by atoms with Gasteiger partial charge in [0.2, 0.25) is 20.0 Å². The number of rotatable bonds is 9. The molecule has 1 radical (unpaired) electrons. The van der Waals surface area contributed by atoms with Gasteiger partial charge in [-0.1, -0.05) is 72.2 Å². The normalized spacial score (nSPS) is 11.8. The molecule has 58 heavy (non-hydrogen) atoms. The van der Waals surface area contributed by atoms with Gasteiger partial charge in [0.05, 0.1) is 44.5 Å². The summed E-state index contributed by atoms with van der Waals surface area (Å²) in [5.41, 5.74) is -1.80. The summed E-state index contributed by atoms with van der Waals surface area (Å²) in [5, 5.41) is 91.4. The molecule has 0 aromatic heterocycles. The third-order valence-corrected chi connectivity index (χ3v) is 8.95. The third-order valence-electron chi connectivity index (χ3n) is 7.45. The van der Waals surface area contributed by atoms with Gasteiger partial charge >= 0.3 is 46.9 Å². The number of aliphatic imine (C=N–C) groups is 1. The zero-order valence-corrected chi connectivity index (χ0v) is 35.2. The van der Waals surface area contributed by atoms with Gasteiger partial charge in [0.15, 0.2) is 0 Å². The Balaban J connectivity index is 0.000000311. The van der Waals surface area contributed by atoms with Crippen LogP contribution in [-0.2, 0) is 37.4 Å². The number of primary sulfonamides is 1. The predicted molar refractivity (Wildman–Crippen MR) is 198 cm³/mol. The van der Waals surface area contributed by atoms with Crippen molar-refractivity contribution in [1.82, 2.24) is 0 Å². The van der Waals surface area contributed by atoms with Gasteiger partial charge in [-0.3, -0.25) is 19.8 Å². The van der Waals surface area contributed by atoms with Crippen LogP contribution < -0.4 is 59.8 Å². The van der Waals surface area contributed by atoms with Crippen molar-refractivity contribution in [2.45, 2.75) is 11.8 Å². The molecule has 4 N–H and O–H groups in total. The number of nitrogens with two attached hydrogens (primary N) is 1. The number of sulfonamides is 2. The Morgan fingerprint density at radius 1 is 0.776 bits per heavy atom. The minimum atomic E-state index is -3.96. The molecule has 0 aliphatic rings. The van der Waals surface area contributed by atoms with Crippen LogP contribution in [0, 0.1) is 10.1 Å². The van der Waals surface area contributed by atoms with E-state index in [4.69, 9.17) is 5.14 Å². The molecule has 0 aliphatic heterocycles. The molecule has 6 aromatic rings. The number of nitro groups is 1. The molecule has 291 valence electrons. The first-order valence-electron chi connectivity index (χ1n) is 15.6.